The Morgan fingerprint density at radius 3 is 2.91 bits per heavy atom. The van der Waals surface area contributed by atoms with Gasteiger partial charge in [-0.05, 0) is 44.7 Å². The van der Waals surface area contributed by atoms with Crippen LogP contribution in [0.1, 0.15) is 35.7 Å². The first-order valence-electron chi connectivity index (χ1n) is 7.90. The second kappa shape index (κ2) is 6.92. The molecule has 1 aliphatic rings. The summed E-state index contributed by atoms with van der Waals surface area (Å²) in [5, 5.41) is 0. The minimum Gasteiger partial charge on any atom is -0.467 e. The molecule has 0 spiro atoms. The number of aromatic nitrogens is 2. The van der Waals surface area contributed by atoms with Crippen molar-refractivity contribution in [3.8, 4) is 0 Å². The average Bonchev–Trinajstić information content (AvgIpc) is 3.03. The molecule has 0 fully saturated rings. The van der Waals surface area contributed by atoms with Crippen molar-refractivity contribution in [3.63, 3.8) is 0 Å². The van der Waals surface area contributed by atoms with Crippen LogP contribution in [-0.4, -0.2) is 30.2 Å². The summed E-state index contributed by atoms with van der Waals surface area (Å²) >= 11 is 0. The lowest BCUT2D eigenvalue weighted by Crippen LogP contribution is -2.30. The third kappa shape index (κ3) is 3.30. The summed E-state index contributed by atoms with van der Waals surface area (Å²) in [6.07, 6.45) is 6.27. The molecule has 0 saturated heterocycles. The van der Waals surface area contributed by atoms with Crippen LogP contribution in [0.25, 0.3) is 0 Å². The van der Waals surface area contributed by atoms with Crippen molar-refractivity contribution in [1.82, 2.24) is 9.97 Å². The van der Waals surface area contributed by atoms with Crippen LogP contribution >= 0.6 is 0 Å². The molecule has 2 aromatic heterocycles. The minimum absolute atomic E-state index is 0.665. The van der Waals surface area contributed by atoms with E-state index in [1.165, 1.54) is 24.1 Å². The summed E-state index contributed by atoms with van der Waals surface area (Å²) < 4.78 is 10.8. The third-order valence-electron chi connectivity index (χ3n) is 4.06. The Balaban J connectivity index is 1.93. The predicted octanol–water partition coefficient (Wildman–Crippen LogP) is 2.91. The third-order valence-corrected chi connectivity index (χ3v) is 4.06. The van der Waals surface area contributed by atoms with Crippen LogP contribution in [-0.2, 0) is 24.1 Å². The number of rotatable bonds is 6. The lowest BCUT2D eigenvalue weighted by atomic mass is 9.96. The fourth-order valence-electron chi connectivity index (χ4n) is 3.01. The van der Waals surface area contributed by atoms with Crippen molar-refractivity contribution in [3.05, 3.63) is 41.2 Å². The Morgan fingerprint density at radius 2 is 2.14 bits per heavy atom. The van der Waals surface area contributed by atoms with Crippen LogP contribution in [0, 0.1) is 6.92 Å². The Morgan fingerprint density at radius 1 is 1.27 bits per heavy atom. The van der Waals surface area contributed by atoms with Gasteiger partial charge in [-0.25, -0.2) is 9.97 Å². The monoisotopic (exact) mass is 301 g/mol. The highest BCUT2D eigenvalue weighted by Gasteiger charge is 2.21. The molecule has 2 aromatic rings. The van der Waals surface area contributed by atoms with Crippen LogP contribution in [0.3, 0.4) is 0 Å². The van der Waals surface area contributed by atoms with Crippen LogP contribution in [0.4, 0.5) is 5.82 Å². The molecule has 0 amide bonds. The molecule has 0 unspecified atom stereocenters. The highest BCUT2D eigenvalue weighted by molar-refractivity contribution is 5.50. The summed E-state index contributed by atoms with van der Waals surface area (Å²) in [6.45, 7) is 4.14. The van der Waals surface area contributed by atoms with Gasteiger partial charge in [0.2, 0.25) is 0 Å². The SMILES string of the molecule is COCCN(Cc1ccco1)c1nc(C)nc2c1CCCC2. The molecule has 0 bridgehead atoms. The standard InChI is InChI=1S/C17H23N3O2/c1-13-18-16-8-4-3-7-15(16)17(19-13)20(9-11-21-2)12-14-6-5-10-22-14/h5-6,10H,3-4,7-9,11-12H2,1-2H3. The largest absolute Gasteiger partial charge is 0.467 e. The van der Waals surface area contributed by atoms with Crippen LogP contribution in [0.15, 0.2) is 22.8 Å². The van der Waals surface area contributed by atoms with Crippen LogP contribution in [0.5, 0.6) is 0 Å². The molecule has 0 N–H and O–H groups in total. The van der Waals surface area contributed by atoms with E-state index >= 15 is 0 Å². The van der Waals surface area contributed by atoms with E-state index in [9.17, 15) is 0 Å². The Labute approximate surface area is 131 Å². The zero-order chi connectivity index (χ0) is 15.4. The number of anilines is 1. The van der Waals surface area contributed by atoms with Crippen LogP contribution in [0.2, 0.25) is 0 Å². The number of aryl methyl sites for hydroxylation is 2. The number of ether oxygens (including phenoxy) is 1. The number of nitrogens with zero attached hydrogens (tertiary/aromatic N) is 3. The van der Waals surface area contributed by atoms with E-state index < -0.39 is 0 Å². The molecule has 0 atom stereocenters. The second-order valence-electron chi connectivity index (χ2n) is 5.72. The lowest BCUT2D eigenvalue weighted by Gasteiger charge is -2.27. The summed E-state index contributed by atoms with van der Waals surface area (Å²) in [5.74, 6) is 2.84. The average molecular weight is 301 g/mol. The Kier molecular flexibility index (Phi) is 4.73. The van der Waals surface area contributed by atoms with E-state index in [-0.39, 0.29) is 0 Å². The lowest BCUT2D eigenvalue weighted by molar-refractivity contribution is 0.204. The normalized spacial score (nSPS) is 13.9. The van der Waals surface area contributed by atoms with Crippen molar-refractivity contribution in [2.75, 3.05) is 25.2 Å². The molecule has 1 aliphatic carbocycles. The van der Waals surface area contributed by atoms with Gasteiger partial charge in [-0.15, -0.1) is 0 Å². The van der Waals surface area contributed by atoms with E-state index in [4.69, 9.17) is 14.1 Å². The first kappa shape index (κ1) is 15.0. The van der Waals surface area contributed by atoms with Gasteiger partial charge in [0.25, 0.3) is 0 Å². The van der Waals surface area contributed by atoms with Gasteiger partial charge in [0.05, 0.1) is 19.4 Å². The maximum Gasteiger partial charge on any atom is 0.136 e. The maximum atomic E-state index is 5.51. The zero-order valence-corrected chi connectivity index (χ0v) is 13.3. The fraction of sp³-hybridized carbons (Fsp3) is 0.529. The van der Waals surface area contributed by atoms with E-state index in [0.29, 0.717) is 13.2 Å². The smallest absolute Gasteiger partial charge is 0.136 e. The van der Waals surface area contributed by atoms with Crippen molar-refractivity contribution >= 4 is 5.82 Å². The number of methoxy groups -OCH3 is 1. The number of furan rings is 1. The fourth-order valence-corrected chi connectivity index (χ4v) is 3.01. The molecule has 0 radical (unpaired) electrons. The second-order valence-corrected chi connectivity index (χ2v) is 5.72. The molecule has 0 aliphatic heterocycles. The van der Waals surface area contributed by atoms with Crippen LogP contribution < -0.4 is 4.90 Å². The summed E-state index contributed by atoms with van der Waals surface area (Å²) in [7, 11) is 1.73. The van der Waals surface area contributed by atoms with Gasteiger partial charge in [-0.3, -0.25) is 0 Å². The molecule has 0 saturated carbocycles. The van der Waals surface area contributed by atoms with Crippen molar-refractivity contribution in [2.24, 2.45) is 0 Å². The topological polar surface area (TPSA) is 51.4 Å². The Bertz CT molecular complexity index is 611. The van der Waals surface area contributed by atoms with Gasteiger partial charge >= 0.3 is 0 Å². The van der Waals surface area contributed by atoms with E-state index in [1.807, 2.05) is 19.1 Å². The molecule has 0 aromatic carbocycles. The predicted molar refractivity (Wildman–Crippen MR) is 85.0 cm³/mol. The van der Waals surface area contributed by atoms with Gasteiger partial charge in [-0.2, -0.15) is 0 Å². The maximum absolute atomic E-state index is 5.51. The summed E-state index contributed by atoms with van der Waals surface area (Å²) in [6, 6.07) is 3.92. The molecule has 22 heavy (non-hydrogen) atoms. The molecule has 3 rings (SSSR count). The molecule has 2 heterocycles. The molecule has 5 nitrogen and oxygen atoms in total. The Hall–Kier alpha value is -1.88. The number of fused-ring (bicyclic) bond motifs is 1. The molecular formula is C17H23N3O2. The summed E-state index contributed by atoms with van der Waals surface area (Å²) in [4.78, 5) is 11.6. The molecule has 118 valence electrons. The van der Waals surface area contributed by atoms with Crippen molar-refractivity contribution < 1.29 is 9.15 Å². The quantitative estimate of drug-likeness (QED) is 0.821. The number of hydrogen-bond donors (Lipinski definition) is 0. The minimum atomic E-state index is 0.665. The molecule has 5 heteroatoms. The first-order chi connectivity index (χ1) is 10.8. The van der Waals surface area contributed by atoms with Crippen molar-refractivity contribution in [2.45, 2.75) is 39.2 Å². The van der Waals surface area contributed by atoms with Gasteiger partial charge in [0.1, 0.15) is 17.4 Å². The van der Waals surface area contributed by atoms with Gasteiger partial charge in [-0.1, -0.05) is 0 Å². The number of hydrogen-bond acceptors (Lipinski definition) is 5. The zero-order valence-electron chi connectivity index (χ0n) is 13.3. The summed E-state index contributed by atoms with van der Waals surface area (Å²) in [5.41, 5.74) is 2.52. The van der Waals surface area contributed by atoms with Crippen molar-refractivity contribution in [1.29, 1.82) is 0 Å². The van der Waals surface area contributed by atoms with E-state index in [0.717, 1.165) is 36.8 Å². The van der Waals surface area contributed by atoms with Gasteiger partial charge in [0, 0.05) is 24.9 Å². The first-order valence-corrected chi connectivity index (χ1v) is 7.90. The van der Waals surface area contributed by atoms with E-state index in [1.54, 1.807) is 13.4 Å². The highest BCUT2D eigenvalue weighted by Crippen LogP contribution is 2.29. The van der Waals surface area contributed by atoms with Gasteiger partial charge < -0.3 is 14.1 Å². The highest BCUT2D eigenvalue weighted by atomic mass is 16.5. The van der Waals surface area contributed by atoms with Gasteiger partial charge in [0.15, 0.2) is 0 Å². The molecular weight excluding hydrogens is 278 g/mol. The van der Waals surface area contributed by atoms with E-state index in [2.05, 4.69) is 9.88 Å².